The van der Waals surface area contributed by atoms with Crippen LogP contribution in [0.4, 0.5) is 0 Å². The minimum atomic E-state index is -0.124. The van der Waals surface area contributed by atoms with E-state index < -0.39 is 0 Å². The summed E-state index contributed by atoms with van der Waals surface area (Å²) in [6, 6.07) is 5.15. The lowest BCUT2D eigenvalue weighted by molar-refractivity contribution is 0.0954. The average molecular weight is 360 g/mol. The Kier molecular flexibility index (Phi) is 4.96. The summed E-state index contributed by atoms with van der Waals surface area (Å²) in [5.41, 5.74) is 1.57. The molecule has 6 heteroatoms. The van der Waals surface area contributed by atoms with Gasteiger partial charge in [-0.15, -0.1) is 11.3 Å². The van der Waals surface area contributed by atoms with Crippen molar-refractivity contribution in [3.8, 4) is 0 Å². The van der Waals surface area contributed by atoms with Crippen molar-refractivity contribution in [3.63, 3.8) is 0 Å². The van der Waals surface area contributed by atoms with Crippen molar-refractivity contribution in [1.29, 1.82) is 0 Å². The highest BCUT2D eigenvalue weighted by molar-refractivity contribution is 9.10. The number of halogens is 2. The van der Waals surface area contributed by atoms with Crippen molar-refractivity contribution in [2.75, 3.05) is 6.54 Å². The molecule has 1 aromatic heterocycles. The van der Waals surface area contributed by atoms with Crippen molar-refractivity contribution in [2.45, 2.75) is 13.3 Å². The van der Waals surface area contributed by atoms with Gasteiger partial charge in [-0.2, -0.15) is 0 Å². The number of thiazole rings is 1. The van der Waals surface area contributed by atoms with Gasteiger partial charge in [0.1, 0.15) is 0 Å². The van der Waals surface area contributed by atoms with E-state index in [1.54, 1.807) is 29.5 Å². The molecule has 1 N–H and O–H groups in total. The van der Waals surface area contributed by atoms with Crippen molar-refractivity contribution in [3.05, 3.63) is 49.3 Å². The van der Waals surface area contributed by atoms with E-state index in [4.69, 9.17) is 11.6 Å². The molecule has 1 heterocycles. The Morgan fingerprint density at radius 3 is 2.95 bits per heavy atom. The maximum Gasteiger partial charge on any atom is 0.251 e. The predicted octanol–water partition coefficient (Wildman–Crippen LogP) is 3.84. The van der Waals surface area contributed by atoms with Gasteiger partial charge in [0.15, 0.2) is 0 Å². The second kappa shape index (κ2) is 6.50. The molecular weight excluding hydrogens is 348 g/mol. The summed E-state index contributed by atoms with van der Waals surface area (Å²) in [6.07, 6.45) is 0.736. The highest BCUT2D eigenvalue weighted by Crippen LogP contribution is 2.23. The topological polar surface area (TPSA) is 42.0 Å². The lowest BCUT2D eigenvalue weighted by atomic mass is 10.2. The molecule has 1 amide bonds. The maximum absolute atomic E-state index is 11.9. The number of hydrogen-bond donors (Lipinski definition) is 1. The number of benzene rings is 1. The monoisotopic (exact) mass is 358 g/mol. The van der Waals surface area contributed by atoms with Crippen LogP contribution in [0.25, 0.3) is 0 Å². The average Bonchev–Trinajstić information content (AvgIpc) is 2.78. The van der Waals surface area contributed by atoms with Crippen LogP contribution in [0.5, 0.6) is 0 Å². The number of rotatable bonds is 4. The van der Waals surface area contributed by atoms with Gasteiger partial charge in [-0.1, -0.05) is 11.6 Å². The first-order chi connectivity index (χ1) is 9.06. The van der Waals surface area contributed by atoms with Crippen molar-refractivity contribution < 1.29 is 4.79 Å². The maximum atomic E-state index is 11.9. The van der Waals surface area contributed by atoms with E-state index in [2.05, 4.69) is 26.2 Å². The lowest BCUT2D eigenvalue weighted by Gasteiger charge is -2.05. The van der Waals surface area contributed by atoms with E-state index in [9.17, 15) is 4.79 Å². The largest absolute Gasteiger partial charge is 0.352 e. The van der Waals surface area contributed by atoms with Gasteiger partial charge < -0.3 is 5.32 Å². The zero-order valence-corrected chi connectivity index (χ0v) is 13.4. The minimum Gasteiger partial charge on any atom is -0.352 e. The van der Waals surface area contributed by atoms with Crippen LogP contribution in [0.1, 0.15) is 21.1 Å². The molecule has 0 saturated carbocycles. The number of aryl methyl sites for hydroxylation is 1. The lowest BCUT2D eigenvalue weighted by Crippen LogP contribution is -2.25. The van der Waals surface area contributed by atoms with Crippen LogP contribution in [0.15, 0.2) is 28.1 Å². The fourth-order valence-corrected chi connectivity index (χ4v) is 2.64. The summed E-state index contributed by atoms with van der Waals surface area (Å²) in [5.74, 6) is -0.124. The first kappa shape index (κ1) is 14.5. The Morgan fingerprint density at radius 2 is 2.32 bits per heavy atom. The van der Waals surface area contributed by atoms with Gasteiger partial charge in [0.2, 0.25) is 0 Å². The smallest absolute Gasteiger partial charge is 0.251 e. The fourth-order valence-electron chi connectivity index (χ4n) is 1.57. The minimum absolute atomic E-state index is 0.124. The molecule has 0 unspecified atom stereocenters. The Balaban J connectivity index is 1.89. The molecule has 2 rings (SSSR count). The first-order valence-electron chi connectivity index (χ1n) is 5.70. The van der Waals surface area contributed by atoms with Crippen molar-refractivity contribution in [1.82, 2.24) is 10.3 Å². The van der Waals surface area contributed by atoms with Crippen LogP contribution in [0, 0.1) is 6.92 Å². The van der Waals surface area contributed by atoms with Gasteiger partial charge in [0, 0.05) is 28.4 Å². The molecule has 0 radical (unpaired) electrons. The molecule has 2 aromatic rings. The number of nitrogens with zero attached hydrogens (tertiary/aromatic N) is 1. The molecule has 1 aromatic carbocycles. The van der Waals surface area contributed by atoms with Crippen LogP contribution in [-0.4, -0.2) is 17.4 Å². The highest BCUT2D eigenvalue weighted by atomic mass is 79.9. The van der Waals surface area contributed by atoms with Gasteiger partial charge in [-0.3, -0.25) is 4.79 Å². The van der Waals surface area contributed by atoms with Crippen LogP contribution >= 0.6 is 38.9 Å². The summed E-state index contributed by atoms with van der Waals surface area (Å²) in [6.45, 7) is 2.53. The zero-order chi connectivity index (χ0) is 13.8. The molecule has 0 fully saturated rings. The van der Waals surface area contributed by atoms with Gasteiger partial charge in [0.05, 0.1) is 15.7 Å². The number of hydrogen-bond acceptors (Lipinski definition) is 3. The molecule has 0 atom stereocenters. The molecular formula is C13H12BrClN2OS. The Labute approximate surface area is 129 Å². The SMILES string of the molecule is Cc1nc(CCNC(=O)c2ccc(Br)c(Cl)c2)cs1. The molecule has 0 aliphatic heterocycles. The number of nitrogens with one attached hydrogen (secondary N) is 1. The number of aromatic nitrogens is 1. The van der Waals surface area contributed by atoms with E-state index in [-0.39, 0.29) is 5.91 Å². The molecule has 0 bridgehead atoms. The Hall–Kier alpha value is -0.910. The second-order valence-electron chi connectivity index (χ2n) is 3.99. The van der Waals surface area contributed by atoms with E-state index in [0.29, 0.717) is 17.1 Å². The van der Waals surface area contributed by atoms with E-state index in [1.807, 2.05) is 12.3 Å². The normalized spacial score (nSPS) is 10.5. The fraction of sp³-hybridized carbons (Fsp3) is 0.231. The second-order valence-corrected chi connectivity index (χ2v) is 6.32. The van der Waals surface area contributed by atoms with E-state index in [1.165, 1.54) is 0 Å². The van der Waals surface area contributed by atoms with Gasteiger partial charge in [0.25, 0.3) is 5.91 Å². The van der Waals surface area contributed by atoms with E-state index >= 15 is 0 Å². The number of carbonyl (C=O) groups is 1. The predicted molar refractivity (Wildman–Crippen MR) is 82.0 cm³/mol. The first-order valence-corrected chi connectivity index (χ1v) is 7.75. The third kappa shape index (κ3) is 4.03. The summed E-state index contributed by atoms with van der Waals surface area (Å²) < 4.78 is 0.781. The van der Waals surface area contributed by atoms with Crippen LogP contribution in [0.2, 0.25) is 5.02 Å². The third-order valence-electron chi connectivity index (χ3n) is 2.52. The van der Waals surface area contributed by atoms with Crippen LogP contribution in [-0.2, 0) is 6.42 Å². The molecule has 0 saturated heterocycles. The van der Waals surface area contributed by atoms with Crippen LogP contribution in [0.3, 0.4) is 0 Å². The highest BCUT2D eigenvalue weighted by Gasteiger charge is 2.07. The number of carbonyl (C=O) groups excluding carboxylic acids is 1. The standard InChI is InChI=1S/C13H12BrClN2OS/c1-8-17-10(7-19-8)4-5-16-13(18)9-2-3-11(14)12(15)6-9/h2-3,6-7H,4-5H2,1H3,(H,16,18). The molecule has 0 spiro atoms. The summed E-state index contributed by atoms with van der Waals surface area (Å²) in [5, 5.41) is 6.44. The van der Waals surface area contributed by atoms with Gasteiger partial charge >= 0.3 is 0 Å². The van der Waals surface area contributed by atoms with Gasteiger partial charge in [-0.05, 0) is 41.1 Å². The summed E-state index contributed by atoms with van der Waals surface area (Å²) in [4.78, 5) is 16.2. The van der Waals surface area contributed by atoms with Crippen molar-refractivity contribution >= 4 is 44.8 Å². The molecule has 19 heavy (non-hydrogen) atoms. The summed E-state index contributed by atoms with van der Waals surface area (Å²) in [7, 11) is 0. The van der Waals surface area contributed by atoms with Crippen molar-refractivity contribution in [2.24, 2.45) is 0 Å². The van der Waals surface area contributed by atoms with Crippen LogP contribution < -0.4 is 5.32 Å². The third-order valence-corrected chi connectivity index (χ3v) is 4.57. The molecule has 0 aliphatic rings. The Morgan fingerprint density at radius 1 is 1.53 bits per heavy atom. The molecule has 0 aliphatic carbocycles. The quantitative estimate of drug-likeness (QED) is 0.901. The zero-order valence-electron chi connectivity index (χ0n) is 10.2. The molecule has 100 valence electrons. The summed E-state index contributed by atoms with van der Waals surface area (Å²) >= 11 is 10.9. The van der Waals surface area contributed by atoms with E-state index in [0.717, 1.165) is 21.6 Å². The molecule has 3 nitrogen and oxygen atoms in total. The van der Waals surface area contributed by atoms with Gasteiger partial charge in [-0.25, -0.2) is 4.98 Å². The number of amides is 1. The Bertz CT molecular complexity index is 600.